The van der Waals surface area contributed by atoms with Gasteiger partial charge in [0, 0.05) is 0 Å². The van der Waals surface area contributed by atoms with Crippen molar-refractivity contribution in [2.75, 3.05) is 0 Å². The van der Waals surface area contributed by atoms with Crippen LogP contribution in [0, 0.1) is 0 Å². The molecule has 0 bridgehead atoms. The average molecular weight is 187 g/mol. The number of hydrogen-bond acceptors (Lipinski definition) is 3. The van der Waals surface area contributed by atoms with E-state index in [9.17, 15) is 4.79 Å². The third-order valence-corrected chi connectivity index (χ3v) is 2.32. The molecule has 0 spiro atoms. The van der Waals surface area contributed by atoms with Crippen LogP contribution in [0.25, 0.3) is 0 Å². The van der Waals surface area contributed by atoms with Crippen molar-refractivity contribution < 1.29 is 4.79 Å². The van der Waals surface area contributed by atoms with Gasteiger partial charge in [-0.1, -0.05) is 31.6 Å². The van der Waals surface area contributed by atoms with E-state index in [1.54, 1.807) is 0 Å². The number of allylic oxidation sites excluding steroid dienone is 1. The highest BCUT2D eigenvalue weighted by Crippen LogP contribution is 2.18. The molecular weight excluding hydrogens is 178 g/mol. The summed E-state index contributed by atoms with van der Waals surface area (Å²) in [6.45, 7) is 2.07. The van der Waals surface area contributed by atoms with E-state index in [2.05, 4.69) is 12.2 Å². The number of hydrogen-bond donors (Lipinski definition) is 1. The zero-order valence-corrected chi connectivity index (χ0v) is 7.85. The fourth-order valence-corrected chi connectivity index (χ4v) is 1.66. The lowest BCUT2D eigenvalue weighted by Crippen LogP contribution is -2.10. The van der Waals surface area contributed by atoms with E-state index in [1.807, 2.05) is 6.08 Å². The first kappa shape index (κ1) is 8.74. The number of unbranched alkanes of at least 4 members (excludes halogenated alkanes) is 1. The van der Waals surface area contributed by atoms with Crippen LogP contribution in [0.1, 0.15) is 19.8 Å². The van der Waals surface area contributed by atoms with Crippen LogP contribution < -0.4 is 5.32 Å². The number of rotatable bonds is 2. The largest absolute Gasteiger partial charge is 0.337 e. The van der Waals surface area contributed by atoms with Crippen molar-refractivity contribution in [3.63, 3.8) is 0 Å². The van der Waals surface area contributed by atoms with Gasteiger partial charge in [0.1, 0.15) is 4.32 Å². The Hall–Kier alpha value is -0.350. The Morgan fingerprint density at radius 2 is 2.45 bits per heavy atom. The normalized spacial score (nSPS) is 21.0. The van der Waals surface area contributed by atoms with E-state index in [-0.39, 0.29) is 5.12 Å². The van der Waals surface area contributed by atoms with Crippen molar-refractivity contribution in [1.82, 2.24) is 5.32 Å². The van der Waals surface area contributed by atoms with Gasteiger partial charge in [-0.05, 0) is 18.2 Å². The molecule has 4 heteroatoms. The van der Waals surface area contributed by atoms with Gasteiger partial charge in [-0.2, -0.15) is 0 Å². The van der Waals surface area contributed by atoms with Crippen molar-refractivity contribution in [2.45, 2.75) is 19.8 Å². The third-order valence-electron chi connectivity index (χ3n) is 1.28. The highest BCUT2D eigenvalue weighted by molar-refractivity contribution is 8.33. The Morgan fingerprint density at radius 1 is 1.73 bits per heavy atom. The number of thiocarbonyl (C=S) groups is 1. The molecule has 11 heavy (non-hydrogen) atoms. The Balaban J connectivity index is 2.59. The zero-order valence-electron chi connectivity index (χ0n) is 6.22. The van der Waals surface area contributed by atoms with Crippen LogP contribution in [0.2, 0.25) is 0 Å². The molecule has 1 saturated heterocycles. The SMILES string of the molecule is CCCC=C1NC(=S)SC1=O. The average Bonchev–Trinajstić information content (AvgIpc) is 2.26. The van der Waals surface area contributed by atoms with Gasteiger partial charge in [-0.3, -0.25) is 4.79 Å². The molecule has 0 aromatic heterocycles. The number of carbonyl (C=O) groups excluding carboxylic acids is 1. The van der Waals surface area contributed by atoms with Gasteiger partial charge >= 0.3 is 0 Å². The molecule has 60 valence electrons. The Morgan fingerprint density at radius 3 is 2.91 bits per heavy atom. The van der Waals surface area contributed by atoms with Crippen LogP contribution in [0.4, 0.5) is 0 Å². The summed E-state index contributed by atoms with van der Waals surface area (Å²) in [6.07, 6.45) is 3.88. The monoisotopic (exact) mass is 187 g/mol. The second kappa shape index (κ2) is 3.88. The van der Waals surface area contributed by atoms with E-state index in [4.69, 9.17) is 12.2 Å². The maximum absolute atomic E-state index is 11.0. The minimum absolute atomic E-state index is 0.0449. The molecule has 1 N–H and O–H groups in total. The Bertz CT molecular complexity index is 222. The van der Waals surface area contributed by atoms with Crippen molar-refractivity contribution in [3.8, 4) is 0 Å². The van der Waals surface area contributed by atoms with Crippen LogP contribution in [-0.2, 0) is 4.79 Å². The molecule has 0 unspecified atom stereocenters. The standard InChI is InChI=1S/C7H9NOS2/c1-2-3-4-5-6(9)11-7(10)8-5/h4H,2-3H2,1H3,(H,8,10). The van der Waals surface area contributed by atoms with Gasteiger partial charge in [0.25, 0.3) is 0 Å². The highest BCUT2D eigenvalue weighted by atomic mass is 32.2. The minimum Gasteiger partial charge on any atom is -0.337 e. The lowest BCUT2D eigenvalue weighted by molar-refractivity contribution is -0.107. The third kappa shape index (κ3) is 2.31. The van der Waals surface area contributed by atoms with Crippen LogP contribution in [0.5, 0.6) is 0 Å². The van der Waals surface area contributed by atoms with Gasteiger partial charge in [0.2, 0.25) is 5.12 Å². The van der Waals surface area contributed by atoms with E-state index < -0.39 is 0 Å². The second-order valence-corrected chi connectivity index (χ2v) is 3.86. The van der Waals surface area contributed by atoms with Crippen LogP contribution in [0.15, 0.2) is 11.8 Å². The predicted molar refractivity (Wildman–Crippen MR) is 51.3 cm³/mol. The number of carbonyl (C=O) groups is 1. The Labute approximate surface area is 75.4 Å². The molecule has 0 radical (unpaired) electrons. The molecule has 0 aromatic carbocycles. The molecule has 1 aliphatic heterocycles. The summed E-state index contributed by atoms with van der Waals surface area (Å²) >= 11 is 5.91. The first-order valence-electron chi connectivity index (χ1n) is 3.47. The quantitative estimate of drug-likeness (QED) is 0.527. The smallest absolute Gasteiger partial charge is 0.242 e. The molecule has 1 aliphatic rings. The van der Waals surface area contributed by atoms with Gasteiger partial charge in [-0.25, -0.2) is 0 Å². The first-order chi connectivity index (χ1) is 5.24. The summed E-state index contributed by atoms with van der Waals surface area (Å²) in [7, 11) is 0. The van der Waals surface area contributed by atoms with Crippen molar-refractivity contribution in [1.29, 1.82) is 0 Å². The summed E-state index contributed by atoms with van der Waals surface area (Å²) in [6, 6.07) is 0. The van der Waals surface area contributed by atoms with Gasteiger partial charge in [0.15, 0.2) is 0 Å². The van der Waals surface area contributed by atoms with Crippen LogP contribution in [-0.4, -0.2) is 9.44 Å². The molecule has 2 nitrogen and oxygen atoms in total. The summed E-state index contributed by atoms with van der Waals surface area (Å²) in [4.78, 5) is 11.0. The molecular formula is C7H9NOS2. The van der Waals surface area contributed by atoms with Crippen molar-refractivity contribution in [2.24, 2.45) is 0 Å². The summed E-state index contributed by atoms with van der Waals surface area (Å²) in [5.41, 5.74) is 0.654. The molecule has 0 amide bonds. The maximum atomic E-state index is 11.0. The van der Waals surface area contributed by atoms with Gasteiger partial charge < -0.3 is 5.32 Å². The second-order valence-electron chi connectivity index (χ2n) is 2.21. The topological polar surface area (TPSA) is 29.1 Å². The van der Waals surface area contributed by atoms with E-state index in [1.165, 1.54) is 0 Å². The lowest BCUT2D eigenvalue weighted by atomic mass is 10.3. The molecule has 1 rings (SSSR count). The maximum Gasteiger partial charge on any atom is 0.242 e. The van der Waals surface area contributed by atoms with Crippen molar-refractivity contribution in [3.05, 3.63) is 11.8 Å². The van der Waals surface area contributed by atoms with E-state index >= 15 is 0 Å². The highest BCUT2D eigenvalue weighted by Gasteiger charge is 2.21. The zero-order chi connectivity index (χ0) is 8.27. The summed E-state index contributed by atoms with van der Waals surface area (Å²) in [5, 5.41) is 2.89. The number of thioether (sulfide) groups is 1. The summed E-state index contributed by atoms with van der Waals surface area (Å²) in [5.74, 6) is 0. The minimum atomic E-state index is 0.0449. The molecule has 0 aromatic rings. The Kier molecular flexibility index (Phi) is 3.08. The molecule has 1 heterocycles. The lowest BCUT2D eigenvalue weighted by Gasteiger charge is -1.92. The van der Waals surface area contributed by atoms with Crippen molar-refractivity contribution >= 4 is 33.4 Å². The fraction of sp³-hybridized carbons (Fsp3) is 0.429. The molecule has 0 saturated carbocycles. The van der Waals surface area contributed by atoms with Gasteiger partial charge in [0.05, 0.1) is 5.70 Å². The molecule has 1 fully saturated rings. The van der Waals surface area contributed by atoms with E-state index in [0.717, 1.165) is 24.6 Å². The summed E-state index contributed by atoms with van der Waals surface area (Å²) < 4.78 is 0.567. The van der Waals surface area contributed by atoms with Crippen LogP contribution in [0.3, 0.4) is 0 Å². The van der Waals surface area contributed by atoms with E-state index in [0.29, 0.717) is 10.0 Å². The molecule has 0 aliphatic carbocycles. The van der Waals surface area contributed by atoms with Crippen LogP contribution >= 0.6 is 24.0 Å². The first-order valence-corrected chi connectivity index (χ1v) is 4.70. The predicted octanol–water partition coefficient (Wildman–Crippen LogP) is 1.82. The number of nitrogens with one attached hydrogen (secondary N) is 1. The molecule has 0 atom stereocenters. The van der Waals surface area contributed by atoms with Gasteiger partial charge in [-0.15, -0.1) is 0 Å². The fourth-order valence-electron chi connectivity index (χ4n) is 0.749.